The van der Waals surface area contributed by atoms with Gasteiger partial charge in [-0.3, -0.25) is 4.98 Å². The van der Waals surface area contributed by atoms with E-state index in [1.807, 2.05) is 48.7 Å². The summed E-state index contributed by atoms with van der Waals surface area (Å²) >= 11 is 0. The second-order valence-electron chi connectivity index (χ2n) is 17.3. The minimum Gasteiger partial charge on any atom is -0.256 e. The van der Waals surface area contributed by atoms with Gasteiger partial charge >= 0.3 is 0 Å². The number of allylic oxidation sites excluding steroid dienone is 4. The van der Waals surface area contributed by atoms with Gasteiger partial charge in [-0.25, -0.2) is 15.0 Å². The summed E-state index contributed by atoms with van der Waals surface area (Å²) in [6.45, 7) is 4.75. The lowest BCUT2D eigenvalue weighted by molar-refractivity contribution is 0.563. The maximum atomic E-state index is 5.32. The van der Waals surface area contributed by atoms with E-state index in [1.54, 1.807) is 0 Å². The van der Waals surface area contributed by atoms with Crippen LogP contribution in [0.1, 0.15) is 70.7 Å². The molecule has 3 aliphatic carbocycles. The molecule has 2 heterocycles. The van der Waals surface area contributed by atoms with E-state index in [-0.39, 0.29) is 11.3 Å². The summed E-state index contributed by atoms with van der Waals surface area (Å²) in [5, 5.41) is 1.18. The first kappa shape index (κ1) is 36.3. The summed E-state index contributed by atoms with van der Waals surface area (Å²) in [5.41, 5.74) is 17.1. The van der Waals surface area contributed by atoms with Crippen LogP contribution in [0.25, 0.3) is 61.8 Å². The third-order valence-electron chi connectivity index (χ3n) is 13.6. The predicted molar refractivity (Wildman–Crippen MR) is 252 cm³/mol. The van der Waals surface area contributed by atoms with E-state index in [1.165, 1.54) is 61.0 Å². The van der Waals surface area contributed by atoms with Gasteiger partial charge in [-0.2, -0.15) is 0 Å². The number of hydrogen-bond donors (Lipinski definition) is 0. The summed E-state index contributed by atoms with van der Waals surface area (Å²) in [6, 6.07) is 63.4. The van der Waals surface area contributed by atoms with Gasteiger partial charge in [0.15, 0.2) is 17.5 Å². The fourth-order valence-corrected chi connectivity index (χ4v) is 10.7. The molecule has 12 rings (SSSR count). The quantitative estimate of drug-likeness (QED) is 0.174. The Balaban J connectivity index is 1.10. The van der Waals surface area contributed by atoms with Crippen LogP contribution in [0.3, 0.4) is 0 Å². The van der Waals surface area contributed by atoms with Gasteiger partial charge in [-0.15, -0.1) is 0 Å². The van der Waals surface area contributed by atoms with Crippen molar-refractivity contribution in [3.05, 3.63) is 245 Å². The molecule has 0 bridgehead atoms. The van der Waals surface area contributed by atoms with Gasteiger partial charge in [0.2, 0.25) is 0 Å². The average molecular weight is 795 g/mol. The highest BCUT2D eigenvalue weighted by Crippen LogP contribution is 2.63. The largest absolute Gasteiger partial charge is 0.256 e. The van der Waals surface area contributed by atoms with E-state index in [9.17, 15) is 0 Å². The molecule has 1 atom stereocenters. The molecule has 7 aromatic carbocycles. The summed E-state index contributed by atoms with van der Waals surface area (Å²) < 4.78 is 0. The molecule has 2 aromatic heterocycles. The summed E-state index contributed by atoms with van der Waals surface area (Å²) in [7, 11) is 0. The van der Waals surface area contributed by atoms with Crippen molar-refractivity contribution >= 4 is 16.5 Å². The third kappa shape index (κ3) is 5.39. The lowest BCUT2D eigenvalue weighted by Crippen LogP contribution is -2.40. The number of pyridine rings is 1. The van der Waals surface area contributed by atoms with Crippen molar-refractivity contribution in [2.45, 2.75) is 37.0 Å². The van der Waals surface area contributed by atoms with Crippen molar-refractivity contribution in [1.29, 1.82) is 0 Å². The molecule has 0 N–H and O–H groups in total. The van der Waals surface area contributed by atoms with Crippen LogP contribution < -0.4 is 0 Å². The molecule has 294 valence electrons. The Morgan fingerprint density at radius 3 is 1.74 bits per heavy atom. The SMILES string of the molecule is CC1(C)c2ccccc2C2(c3ccc(C4=CCC(c5cccc6cccnc56)C=C4)cc3-c3c(-c4nc(-c5ccccc5)nc(-c5ccccc5)n4)cccc32)c2ccccc21. The number of rotatable bonds is 5. The van der Waals surface area contributed by atoms with Crippen molar-refractivity contribution in [3.63, 3.8) is 0 Å². The second kappa shape index (κ2) is 14.0. The first-order valence-corrected chi connectivity index (χ1v) is 21.6. The third-order valence-corrected chi connectivity index (χ3v) is 13.6. The van der Waals surface area contributed by atoms with Gasteiger partial charge in [-0.1, -0.05) is 196 Å². The van der Waals surface area contributed by atoms with Crippen LogP contribution in [0.4, 0.5) is 0 Å². The van der Waals surface area contributed by atoms with E-state index in [4.69, 9.17) is 19.9 Å². The highest BCUT2D eigenvalue weighted by molar-refractivity contribution is 5.97. The lowest BCUT2D eigenvalue weighted by atomic mass is 9.55. The summed E-state index contributed by atoms with van der Waals surface area (Å²) in [6.07, 6.45) is 9.88. The van der Waals surface area contributed by atoms with Gasteiger partial charge in [0.25, 0.3) is 0 Å². The summed E-state index contributed by atoms with van der Waals surface area (Å²) in [5.74, 6) is 2.21. The van der Waals surface area contributed by atoms with Crippen molar-refractivity contribution in [2.24, 2.45) is 0 Å². The number of aromatic nitrogens is 4. The number of benzene rings is 7. The van der Waals surface area contributed by atoms with Crippen LogP contribution in [-0.4, -0.2) is 19.9 Å². The molecule has 0 amide bonds. The minimum absolute atomic E-state index is 0.198. The fraction of sp³-hybridized carbons (Fsp3) is 0.103. The molecule has 1 spiro atoms. The van der Waals surface area contributed by atoms with Gasteiger partial charge < -0.3 is 0 Å². The van der Waals surface area contributed by atoms with Crippen LogP contribution >= 0.6 is 0 Å². The first-order chi connectivity index (χ1) is 30.5. The Hall–Kier alpha value is -7.56. The molecular weight excluding hydrogens is 753 g/mol. The summed E-state index contributed by atoms with van der Waals surface area (Å²) in [4.78, 5) is 20.5. The van der Waals surface area contributed by atoms with E-state index in [0.717, 1.165) is 34.2 Å². The van der Waals surface area contributed by atoms with Crippen LogP contribution in [0.5, 0.6) is 0 Å². The predicted octanol–water partition coefficient (Wildman–Crippen LogP) is 13.6. The normalized spacial score (nSPS) is 16.3. The second-order valence-corrected chi connectivity index (χ2v) is 17.3. The molecule has 0 aliphatic heterocycles. The Kier molecular flexibility index (Phi) is 8.20. The molecule has 9 aromatic rings. The maximum absolute atomic E-state index is 5.32. The van der Waals surface area contributed by atoms with Crippen molar-refractivity contribution in [3.8, 4) is 45.3 Å². The Morgan fingerprint density at radius 2 is 1.08 bits per heavy atom. The van der Waals surface area contributed by atoms with E-state index < -0.39 is 5.41 Å². The smallest absolute Gasteiger partial charge is 0.164 e. The zero-order chi connectivity index (χ0) is 41.4. The molecule has 4 heteroatoms. The number of para-hydroxylation sites is 1. The molecule has 62 heavy (non-hydrogen) atoms. The highest BCUT2D eigenvalue weighted by Gasteiger charge is 2.54. The van der Waals surface area contributed by atoms with Crippen LogP contribution in [-0.2, 0) is 10.8 Å². The van der Waals surface area contributed by atoms with Crippen molar-refractivity contribution in [1.82, 2.24) is 19.9 Å². The van der Waals surface area contributed by atoms with Crippen LogP contribution in [0.15, 0.2) is 200 Å². The highest BCUT2D eigenvalue weighted by atomic mass is 15.0. The minimum atomic E-state index is -0.567. The van der Waals surface area contributed by atoms with Gasteiger partial charge in [-0.05, 0) is 79.8 Å². The van der Waals surface area contributed by atoms with Crippen LogP contribution in [0.2, 0.25) is 0 Å². The molecule has 0 fully saturated rings. The average Bonchev–Trinajstić information content (AvgIpc) is 3.64. The monoisotopic (exact) mass is 794 g/mol. The zero-order valence-electron chi connectivity index (χ0n) is 34.6. The standard InChI is InChI=1S/C58H42N4/c1-57(2)47-24-9-11-26-49(47)58(50-27-12-10-25-48(50)57)46-34-33-42(37-29-31-38(32-30-37)43-22-13-20-39-21-15-35-59-53(39)43)36-45(46)52-44(23-14-28-51(52)58)56-61-54(40-16-5-3-6-17-40)60-55(62-56)41-18-7-4-8-19-41/h3-31,33-36,38H,32H2,1-2H3. The van der Waals surface area contributed by atoms with E-state index in [0.29, 0.717) is 17.5 Å². The molecule has 0 saturated heterocycles. The van der Waals surface area contributed by atoms with Crippen molar-refractivity contribution in [2.75, 3.05) is 0 Å². The maximum Gasteiger partial charge on any atom is 0.164 e. The van der Waals surface area contributed by atoms with E-state index in [2.05, 4.69) is 166 Å². The number of hydrogen-bond acceptors (Lipinski definition) is 4. The number of fused-ring (bicyclic) bond motifs is 10. The molecule has 4 nitrogen and oxygen atoms in total. The molecule has 3 aliphatic rings. The lowest BCUT2D eigenvalue weighted by Gasteiger charge is -2.46. The molecule has 1 unspecified atom stereocenters. The zero-order valence-corrected chi connectivity index (χ0v) is 34.6. The Morgan fingerprint density at radius 1 is 0.484 bits per heavy atom. The van der Waals surface area contributed by atoms with Crippen molar-refractivity contribution < 1.29 is 0 Å². The Labute approximate surface area is 362 Å². The van der Waals surface area contributed by atoms with E-state index >= 15 is 0 Å². The Bertz CT molecular complexity index is 3190. The van der Waals surface area contributed by atoms with Gasteiger partial charge in [0.1, 0.15) is 0 Å². The number of nitrogens with zero attached hydrogens (tertiary/aromatic N) is 4. The molecule has 0 saturated carbocycles. The molecule has 0 radical (unpaired) electrons. The first-order valence-electron chi connectivity index (χ1n) is 21.6. The van der Waals surface area contributed by atoms with Gasteiger partial charge in [0.05, 0.1) is 10.9 Å². The van der Waals surface area contributed by atoms with Gasteiger partial charge in [0, 0.05) is 39.6 Å². The molecular formula is C58H42N4. The topological polar surface area (TPSA) is 51.6 Å². The van der Waals surface area contributed by atoms with Crippen LogP contribution in [0, 0.1) is 0 Å². The fourth-order valence-electron chi connectivity index (χ4n) is 10.7.